The predicted octanol–water partition coefficient (Wildman–Crippen LogP) is 3.99. The maximum absolute atomic E-state index is 6.03. The molecular weight excluding hydrogens is 230 g/mol. The third-order valence-electron chi connectivity index (χ3n) is 3.17. The molecule has 90 valence electrons. The first-order valence-corrected chi connectivity index (χ1v) is 6.38. The van der Waals surface area contributed by atoms with Gasteiger partial charge in [-0.3, -0.25) is 0 Å². The summed E-state index contributed by atoms with van der Waals surface area (Å²) in [7, 11) is 4.12. The summed E-state index contributed by atoms with van der Waals surface area (Å²) < 4.78 is 0. The number of nitrogens with zero attached hydrogens (tertiary/aromatic N) is 1. The molecule has 0 aromatic heterocycles. The van der Waals surface area contributed by atoms with Crippen molar-refractivity contribution in [3.05, 3.63) is 47.5 Å². The van der Waals surface area contributed by atoms with Gasteiger partial charge in [-0.15, -0.1) is 11.6 Å². The summed E-state index contributed by atoms with van der Waals surface area (Å²) in [5, 5.41) is 2.57. The summed E-state index contributed by atoms with van der Waals surface area (Å²) in [5.41, 5.74) is 2.58. The highest BCUT2D eigenvalue weighted by Crippen LogP contribution is 2.24. The summed E-state index contributed by atoms with van der Waals surface area (Å²) in [6, 6.07) is 13.4. The highest BCUT2D eigenvalue weighted by molar-refractivity contribution is 6.18. The van der Waals surface area contributed by atoms with Gasteiger partial charge in [-0.05, 0) is 43.4 Å². The van der Waals surface area contributed by atoms with Crippen LogP contribution in [0.5, 0.6) is 0 Å². The molecule has 0 N–H and O–H groups in total. The Morgan fingerprint density at radius 3 is 2.35 bits per heavy atom. The summed E-state index contributed by atoms with van der Waals surface area (Å²) in [6.07, 6.45) is 0. The van der Waals surface area contributed by atoms with Crippen LogP contribution in [-0.4, -0.2) is 24.9 Å². The van der Waals surface area contributed by atoms with E-state index in [1.54, 1.807) is 0 Å². The highest BCUT2D eigenvalue weighted by Gasteiger charge is 2.12. The average molecular weight is 248 g/mol. The fourth-order valence-corrected chi connectivity index (χ4v) is 2.57. The van der Waals surface area contributed by atoms with Crippen molar-refractivity contribution in [3.8, 4) is 0 Å². The van der Waals surface area contributed by atoms with E-state index in [1.165, 1.54) is 21.9 Å². The molecule has 1 nitrogen and oxygen atoms in total. The molecule has 2 aromatic carbocycles. The van der Waals surface area contributed by atoms with Gasteiger partial charge >= 0.3 is 0 Å². The summed E-state index contributed by atoms with van der Waals surface area (Å²) in [4.78, 5) is 2.16. The summed E-state index contributed by atoms with van der Waals surface area (Å²) in [6.45, 7) is 2.12. The quantitative estimate of drug-likeness (QED) is 0.742. The van der Waals surface area contributed by atoms with Gasteiger partial charge in [-0.1, -0.05) is 35.9 Å². The largest absolute Gasteiger partial charge is 0.301 e. The van der Waals surface area contributed by atoms with Gasteiger partial charge in [0.2, 0.25) is 0 Å². The second-order valence-corrected chi connectivity index (χ2v) is 5.05. The minimum Gasteiger partial charge on any atom is -0.301 e. The molecule has 0 saturated carbocycles. The normalized spacial score (nSPS) is 13.2. The molecule has 0 heterocycles. The van der Waals surface area contributed by atoms with E-state index in [-0.39, 0.29) is 6.04 Å². The molecule has 0 bridgehead atoms. The van der Waals surface area contributed by atoms with Crippen molar-refractivity contribution in [2.75, 3.05) is 20.0 Å². The van der Waals surface area contributed by atoms with Crippen molar-refractivity contribution in [1.82, 2.24) is 4.90 Å². The first-order valence-electron chi connectivity index (χ1n) is 5.84. The van der Waals surface area contributed by atoms with Crippen molar-refractivity contribution < 1.29 is 0 Å². The Morgan fingerprint density at radius 1 is 1.06 bits per heavy atom. The lowest BCUT2D eigenvalue weighted by atomic mass is 10.0. The van der Waals surface area contributed by atoms with Crippen molar-refractivity contribution in [3.63, 3.8) is 0 Å². The number of rotatable bonds is 3. The van der Waals surface area contributed by atoms with Crippen LogP contribution in [0, 0.1) is 6.92 Å². The van der Waals surface area contributed by atoms with Crippen LogP contribution in [-0.2, 0) is 0 Å². The molecule has 17 heavy (non-hydrogen) atoms. The van der Waals surface area contributed by atoms with Crippen LogP contribution in [0.3, 0.4) is 0 Å². The molecule has 0 fully saturated rings. The Bertz CT molecular complexity index is 519. The number of hydrogen-bond acceptors (Lipinski definition) is 1. The monoisotopic (exact) mass is 247 g/mol. The third kappa shape index (κ3) is 2.62. The fourth-order valence-electron chi connectivity index (χ4n) is 2.12. The highest BCUT2D eigenvalue weighted by atomic mass is 35.5. The van der Waals surface area contributed by atoms with Crippen molar-refractivity contribution >= 4 is 22.4 Å². The van der Waals surface area contributed by atoms with E-state index in [0.717, 1.165) is 0 Å². The lowest BCUT2D eigenvalue weighted by Gasteiger charge is -2.22. The van der Waals surface area contributed by atoms with Gasteiger partial charge in [0.15, 0.2) is 0 Å². The molecule has 1 unspecified atom stereocenters. The number of halogens is 1. The molecule has 0 aliphatic carbocycles. The molecule has 0 amide bonds. The molecule has 2 rings (SSSR count). The number of benzene rings is 2. The lowest BCUT2D eigenvalue weighted by molar-refractivity contribution is 0.325. The molecule has 0 spiro atoms. The first-order chi connectivity index (χ1) is 8.11. The van der Waals surface area contributed by atoms with E-state index in [0.29, 0.717) is 5.88 Å². The number of fused-ring (bicyclic) bond motifs is 1. The van der Waals surface area contributed by atoms with Crippen LogP contribution in [0.4, 0.5) is 0 Å². The van der Waals surface area contributed by atoms with Crippen molar-refractivity contribution in [2.45, 2.75) is 13.0 Å². The van der Waals surface area contributed by atoms with Gasteiger partial charge in [0.25, 0.3) is 0 Å². The maximum atomic E-state index is 6.03. The summed E-state index contributed by atoms with van der Waals surface area (Å²) >= 11 is 6.03. The molecule has 2 heteroatoms. The molecule has 0 aliphatic heterocycles. The smallest absolute Gasteiger partial charge is 0.0477 e. The Labute approximate surface area is 108 Å². The van der Waals surface area contributed by atoms with Gasteiger partial charge in [0.1, 0.15) is 0 Å². The van der Waals surface area contributed by atoms with E-state index < -0.39 is 0 Å². The maximum Gasteiger partial charge on any atom is 0.0477 e. The van der Waals surface area contributed by atoms with Gasteiger partial charge < -0.3 is 4.90 Å². The summed E-state index contributed by atoms with van der Waals surface area (Å²) in [5.74, 6) is 0.615. The third-order valence-corrected chi connectivity index (χ3v) is 3.47. The zero-order valence-corrected chi connectivity index (χ0v) is 11.3. The number of hydrogen-bond donors (Lipinski definition) is 0. The number of aryl methyl sites for hydroxylation is 1. The Morgan fingerprint density at radius 2 is 1.71 bits per heavy atom. The van der Waals surface area contributed by atoms with Crippen molar-refractivity contribution in [2.24, 2.45) is 0 Å². The van der Waals surface area contributed by atoms with Crippen LogP contribution < -0.4 is 0 Å². The zero-order valence-electron chi connectivity index (χ0n) is 10.6. The molecule has 1 atom stereocenters. The lowest BCUT2D eigenvalue weighted by Crippen LogP contribution is -2.21. The molecule has 0 radical (unpaired) electrons. The van der Waals surface area contributed by atoms with Crippen LogP contribution in [0.15, 0.2) is 36.4 Å². The minimum absolute atomic E-state index is 0.280. The average Bonchev–Trinajstić information content (AvgIpc) is 2.29. The van der Waals surface area contributed by atoms with E-state index in [1.807, 2.05) is 0 Å². The van der Waals surface area contributed by atoms with E-state index in [4.69, 9.17) is 11.6 Å². The van der Waals surface area contributed by atoms with Gasteiger partial charge in [0.05, 0.1) is 0 Å². The van der Waals surface area contributed by atoms with E-state index in [2.05, 4.69) is 62.3 Å². The second kappa shape index (κ2) is 5.07. The first kappa shape index (κ1) is 12.4. The van der Waals surface area contributed by atoms with Crippen LogP contribution in [0.25, 0.3) is 10.8 Å². The van der Waals surface area contributed by atoms with Gasteiger partial charge in [-0.25, -0.2) is 0 Å². The molecule has 2 aromatic rings. The topological polar surface area (TPSA) is 3.24 Å². The zero-order chi connectivity index (χ0) is 12.4. The van der Waals surface area contributed by atoms with Gasteiger partial charge in [-0.2, -0.15) is 0 Å². The standard InChI is InChI=1S/C15H18ClN/c1-11-4-5-13-9-14(7-6-12(13)8-11)15(10-16)17(2)3/h4-9,15H,10H2,1-3H3. The van der Waals surface area contributed by atoms with Gasteiger partial charge in [0, 0.05) is 11.9 Å². The van der Waals surface area contributed by atoms with Crippen LogP contribution in [0.1, 0.15) is 17.2 Å². The van der Waals surface area contributed by atoms with Crippen molar-refractivity contribution in [1.29, 1.82) is 0 Å². The van der Waals surface area contributed by atoms with Crippen LogP contribution in [0.2, 0.25) is 0 Å². The molecule has 0 aliphatic rings. The van der Waals surface area contributed by atoms with E-state index >= 15 is 0 Å². The predicted molar refractivity (Wildman–Crippen MR) is 75.8 cm³/mol. The van der Waals surface area contributed by atoms with E-state index in [9.17, 15) is 0 Å². The fraction of sp³-hybridized carbons (Fsp3) is 0.333. The minimum atomic E-state index is 0.280. The molecular formula is C15H18ClN. The Hall–Kier alpha value is -1.05. The SMILES string of the molecule is Cc1ccc2cc(C(CCl)N(C)C)ccc2c1. The Balaban J connectivity index is 2.47. The Kier molecular flexibility index (Phi) is 3.70. The number of alkyl halides is 1. The van der Waals surface area contributed by atoms with Crippen LogP contribution >= 0.6 is 11.6 Å². The second-order valence-electron chi connectivity index (χ2n) is 4.74. The molecule has 0 saturated heterocycles.